The SMILES string of the molecule is COc1cc(N(C)CCO)c(-c2ccnn2C2CCCCO2)cc1[N+](=O)[O-]. The molecular weight excluding hydrogens is 352 g/mol. The highest BCUT2D eigenvalue weighted by molar-refractivity contribution is 5.81. The van der Waals surface area contributed by atoms with Crippen LogP contribution in [0.4, 0.5) is 11.4 Å². The van der Waals surface area contributed by atoms with Gasteiger partial charge in [0.25, 0.3) is 0 Å². The summed E-state index contributed by atoms with van der Waals surface area (Å²) in [5, 5.41) is 25.3. The molecule has 0 saturated carbocycles. The van der Waals surface area contributed by atoms with Gasteiger partial charge in [0.2, 0.25) is 0 Å². The van der Waals surface area contributed by atoms with Gasteiger partial charge in [-0.15, -0.1) is 0 Å². The summed E-state index contributed by atoms with van der Waals surface area (Å²) in [6.07, 6.45) is 4.38. The quantitative estimate of drug-likeness (QED) is 0.585. The molecule has 1 aromatic heterocycles. The maximum atomic E-state index is 11.5. The molecule has 1 unspecified atom stereocenters. The van der Waals surface area contributed by atoms with Crippen molar-refractivity contribution >= 4 is 11.4 Å². The Hall–Kier alpha value is -2.65. The topological polar surface area (TPSA) is 103 Å². The van der Waals surface area contributed by atoms with Crippen molar-refractivity contribution in [3.8, 4) is 17.0 Å². The molecule has 1 saturated heterocycles. The van der Waals surface area contributed by atoms with Crippen molar-refractivity contribution in [2.24, 2.45) is 0 Å². The molecule has 1 fully saturated rings. The first-order chi connectivity index (χ1) is 13.1. The van der Waals surface area contributed by atoms with Gasteiger partial charge in [-0.05, 0) is 25.3 Å². The van der Waals surface area contributed by atoms with E-state index in [1.807, 2.05) is 18.0 Å². The van der Waals surface area contributed by atoms with Gasteiger partial charge in [0.05, 0.1) is 30.0 Å². The van der Waals surface area contributed by atoms with E-state index in [0.717, 1.165) is 25.0 Å². The smallest absolute Gasteiger partial charge is 0.311 e. The van der Waals surface area contributed by atoms with Crippen molar-refractivity contribution in [2.75, 3.05) is 38.8 Å². The fourth-order valence-corrected chi connectivity index (χ4v) is 3.33. The minimum absolute atomic E-state index is 0.0414. The number of aromatic nitrogens is 2. The number of hydrogen-bond acceptors (Lipinski definition) is 7. The summed E-state index contributed by atoms with van der Waals surface area (Å²) in [5.41, 5.74) is 1.97. The van der Waals surface area contributed by atoms with Crippen LogP contribution in [0.5, 0.6) is 5.75 Å². The van der Waals surface area contributed by atoms with E-state index in [1.54, 1.807) is 16.9 Å². The number of nitrogens with zero attached hydrogens (tertiary/aromatic N) is 4. The van der Waals surface area contributed by atoms with E-state index in [-0.39, 0.29) is 24.3 Å². The summed E-state index contributed by atoms with van der Waals surface area (Å²) in [6.45, 7) is 1.01. The number of aliphatic hydroxyl groups is 1. The molecule has 9 heteroatoms. The van der Waals surface area contributed by atoms with Crippen molar-refractivity contribution in [1.29, 1.82) is 0 Å². The van der Waals surface area contributed by atoms with Crippen LogP contribution in [-0.4, -0.2) is 53.7 Å². The molecule has 0 radical (unpaired) electrons. The first kappa shape index (κ1) is 19.1. The number of nitro groups is 1. The normalized spacial score (nSPS) is 16.9. The molecule has 9 nitrogen and oxygen atoms in total. The number of nitro benzene ring substituents is 1. The molecule has 3 rings (SSSR count). The molecule has 2 heterocycles. The van der Waals surface area contributed by atoms with Gasteiger partial charge in [-0.1, -0.05) is 0 Å². The average Bonchev–Trinajstić information content (AvgIpc) is 3.17. The third-order valence-corrected chi connectivity index (χ3v) is 4.72. The molecule has 1 aliphatic heterocycles. The minimum atomic E-state index is -0.462. The zero-order valence-electron chi connectivity index (χ0n) is 15.5. The second kappa shape index (κ2) is 8.36. The molecule has 2 aromatic rings. The maximum absolute atomic E-state index is 11.5. The zero-order valence-corrected chi connectivity index (χ0v) is 15.5. The van der Waals surface area contributed by atoms with E-state index in [2.05, 4.69) is 5.10 Å². The summed E-state index contributed by atoms with van der Waals surface area (Å²) in [4.78, 5) is 12.9. The highest BCUT2D eigenvalue weighted by atomic mass is 16.6. The molecule has 0 bridgehead atoms. The summed E-state index contributed by atoms with van der Waals surface area (Å²) in [7, 11) is 3.22. The number of aliphatic hydroxyl groups excluding tert-OH is 1. The molecule has 1 atom stereocenters. The third-order valence-electron chi connectivity index (χ3n) is 4.72. The fraction of sp³-hybridized carbons (Fsp3) is 0.500. The van der Waals surface area contributed by atoms with Crippen LogP contribution in [-0.2, 0) is 4.74 Å². The molecular formula is C18H24N4O5. The van der Waals surface area contributed by atoms with Crippen molar-refractivity contribution in [3.63, 3.8) is 0 Å². The summed E-state index contributed by atoms with van der Waals surface area (Å²) in [5.74, 6) is 0.170. The van der Waals surface area contributed by atoms with Crippen molar-refractivity contribution in [2.45, 2.75) is 25.5 Å². The standard InChI is InChI=1S/C18H24N4O5/c1-20(8-9-23)15-12-17(26-2)16(22(24)25)11-13(15)14-6-7-19-21(14)18-5-3-4-10-27-18/h6-7,11-12,18,23H,3-5,8-10H2,1-2H3. The third kappa shape index (κ3) is 3.88. The number of rotatable bonds is 7. The largest absolute Gasteiger partial charge is 0.490 e. The van der Waals surface area contributed by atoms with E-state index in [1.165, 1.54) is 13.2 Å². The summed E-state index contributed by atoms with van der Waals surface area (Å²) < 4.78 is 12.8. The second-order valence-corrected chi connectivity index (χ2v) is 6.43. The number of benzene rings is 1. The van der Waals surface area contributed by atoms with Gasteiger partial charge in [-0.2, -0.15) is 5.10 Å². The molecule has 1 aromatic carbocycles. The van der Waals surface area contributed by atoms with Crippen molar-refractivity contribution in [3.05, 3.63) is 34.5 Å². The van der Waals surface area contributed by atoms with Gasteiger partial charge in [-0.25, -0.2) is 4.68 Å². The minimum Gasteiger partial charge on any atom is -0.490 e. The predicted molar refractivity (Wildman–Crippen MR) is 100 cm³/mol. The van der Waals surface area contributed by atoms with E-state index in [4.69, 9.17) is 9.47 Å². The first-order valence-corrected chi connectivity index (χ1v) is 8.90. The van der Waals surface area contributed by atoms with Gasteiger partial charge in [0.15, 0.2) is 12.0 Å². The molecule has 146 valence electrons. The lowest BCUT2D eigenvalue weighted by Crippen LogP contribution is -2.23. The number of hydrogen-bond donors (Lipinski definition) is 1. The lowest BCUT2D eigenvalue weighted by Gasteiger charge is -2.26. The number of likely N-dealkylation sites (N-methyl/N-ethyl adjacent to an activating group) is 1. The van der Waals surface area contributed by atoms with Crippen LogP contribution in [0, 0.1) is 10.1 Å². The Kier molecular flexibility index (Phi) is 5.92. The highest BCUT2D eigenvalue weighted by Gasteiger charge is 2.26. The van der Waals surface area contributed by atoms with Gasteiger partial charge in [0.1, 0.15) is 0 Å². The van der Waals surface area contributed by atoms with Crippen LogP contribution in [0.25, 0.3) is 11.3 Å². The Morgan fingerprint density at radius 2 is 2.30 bits per heavy atom. The Bertz CT molecular complexity index is 801. The predicted octanol–water partition coefficient (Wildman–Crippen LogP) is 2.59. The Morgan fingerprint density at radius 3 is 2.93 bits per heavy atom. The van der Waals surface area contributed by atoms with Crippen LogP contribution in [0.3, 0.4) is 0 Å². The molecule has 1 aliphatic rings. The summed E-state index contributed by atoms with van der Waals surface area (Å²) in [6, 6.07) is 4.94. The lowest BCUT2D eigenvalue weighted by atomic mass is 10.1. The molecule has 0 aliphatic carbocycles. The van der Waals surface area contributed by atoms with Gasteiger partial charge in [0, 0.05) is 44.1 Å². The van der Waals surface area contributed by atoms with Crippen LogP contribution in [0.2, 0.25) is 0 Å². The van der Waals surface area contributed by atoms with E-state index < -0.39 is 4.92 Å². The van der Waals surface area contributed by atoms with E-state index in [0.29, 0.717) is 24.4 Å². The Balaban J connectivity index is 2.14. The molecule has 1 N–H and O–H groups in total. The number of anilines is 1. The highest BCUT2D eigenvalue weighted by Crippen LogP contribution is 2.41. The molecule has 0 spiro atoms. The molecule has 0 amide bonds. The van der Waals surface area contributed by atoms with Crippen LogP contribution in [0.15, 0.2) is 24.4 Å². The summed E-state index contributed by atoms with van der Waals surface area (Å²) >= 11 is 0. The van der Waals surface area contributed by atoms with Crippen molar-refractivity contribution < 1.29 is 19.5 Å². The number of ether oxygens (including phenoxy) is 2. The van der Waals surface area contributed by atoms with E-state index >= 15 is 0 Å². The lowest BCUT2D eigenvalue weighted by molar-refractivity contribution is -0.385. The van der Waals surface area contributed by atoms with Crippen LogP contribution in [0.1, 0.15) is 25.5 Å². The Morgan fingerprint density at radius 1 is 1.48 bits per heavy atom. The average molecular weight is 376 g/mol. The van der Waals surface area contributed by atoms with Gasteiger partial charge in [-0.3, -0.25) is 10.1 Å². The van der Waals surface area contributed by atoms with Crippen LogP contribution < -0.4 is 9.64 Å². The van der Waals surface area contributed by atoms with E-state index in [9.17, 15) is 15.2 Å². The first-order valence-electron chi connectivity index (χ1n) is 8.90. The Labute approximate surface area is 157 Å². The molecule has 27 heavy (non-hydrogen) atoms. The van der Waals surface area contributed by atoms with Crippen molar-refractivity contribution in [1.82, 2.24) is 9.78 Å². The monoisotopic (exact) mass is 376 g/mol. The van der Waals surface area contributed by atoms with Gasteiger partial charge >= 0.3 is 5.69 Å². The zero-order chi connectivity index (χ0) is 19.4. The van der Waals surface area contributed by atoms with Gasteiger partial charge < -0.3 is 19.5 Å². The number of methoxy groups -OCH3 is 1. The second-order valence-electron chi connectivity index (χ2n) is 6.43. The fourth-order valence-electron chi connectivity index (χ4n) is 3.33. The van der Waals surface area contributed by atoms with Crippen LogP contribution >= 0.6 is 0 Å². The maximum Gasteiger partial charge on any atom is 0.311 e.